The number of aryl methyl sites for hydroxylation is 1. The molecule has 2 heterocycles. The molecule has 5 nitrogen and oxygen atoms in total. The van der Waals surface area contributed by atoms with Gasteiger partial charge in [-0.15, -0.1) is 11.3 Å². The number of hydrogen-bond donors (Lipinski definition) is 1. The van der Waals surface area contributed by atoms with Crippen LogP contribution in [0.5, 0.6) is 5.75 Å². The van der Waals surface area contributed by atoms with Crippen LogP contribution in [-0.4, -0.2) is 16.9 Å². The Morgan fingerprint density at radius 3 is 2.59 bits per heavy atom. The molecule has 0 radical (unpaired) electrons. The molecule has 0 saturated heterocycles. The number of pyridine rings is 1. The third-order valence-electron chi connectivity index (χ3n) is 4.19. The van der Waals surface area contributed by atoms with E-state index in [1.165, 1.54) is 29.5 Å². The zero-order valence-corrected chi connectivity index (χ0v) is 16.1. The number of aromatic nitrogens is 1. The molecule has 7 heteroatoms. The molecule has 0 bridgehead atoms. The first-order chi connectivity index (χ1) is 14.0. The molecule has 1 amide bonds. The van der Waals surface area contributed by atoms with E-state index in [2.05, 4.69) is 10.3 Å². The Balaban J connectivity index is 1.52. The second-order valence-corrected chi connectivity index (χ2v) is 7.27. The molecule has 0 atom stereocenters. The van der Waals surface area contributed by atoms with Gasteiger partial charge in [0.2, 0.25) is 0 Å². The lowest BCUT2D eigenvalue weighted by Gasteiger charge is -2.09. The first kappa shape index (κ1) is 18.8. The summed E-state index contributed by atoms with van der Waals surface area (Å²) in [6.07, 6.45) is 0. The Morgan fingerprint density at radius 2 is 1.86 bits per heavy atom. The van der Waals surface area contributed by atoms with Gasteiger partial charge in [-0.2, -0.15) is 0 Å². The molecule has 144 valence electrons. The van der Waals surface area contributed by atoms with Gasteiger partial charge in [-0.3, -0.25) is 9.78 Å². The molecule has 2 aromatic heterocycles. The molecule has 0 fully saturated rings. The van der Waals surface area contributed by atoms with Crippen molar-refractivity contribution >= 4 is 39.8 Å². The number of rotatable bonds is 4. The minimum Gasteiger partial charge on any atom is -0.423 e. The summed E-state index contributed by atoms with van der Waals surface area (Å²) < 4.78 is 18.9. The lowest BCUT2D eigenvalue weighted by molar-refractivity contribution is 0.0736. The standard InChI is InChI=1S/C22H15FN2O3S/c1-13-11-18(17-9-4-14(23)12-19(17)24-13)22(27)28-16-7-5-15(6-8-16)25-21(26)20-3-2-10-29-20/h2-12H,1H3,(H,25,26). The van der Waals surface area contributed by atoms with Crippen LogP contribution < -0.4 is 10.1 Å². The highest BCUT2D eigenvalue weighted by atomic mass is 32.1. The van der Waals surface area contributed by atoms with Crippen LogP contribution in [0.4, 0.5) is 10.1 Å². The van der Waals surface area contributed by atoms with Gasteiger partial charge in [-0.25, -0.2) is 9.18 Å². The van der Waals surface area contributed by atoms with Crippen LogP contribution in [0.25, 0.3) is 10.9 Å². The Morgan fingerprint density at radius 1 is 1.07 bits per heavy atom. The number of halogens is 1. The van der Waals surface area contributed by atoms with Crippen LogP contribution in [0.2, 0.25) is 0 Å². The smallest absolute Gasteiger partial charge is 0.344 e. The van der Waals surface area contributed by atoms with Gasteiger partial charge in [0.15, 0.2) is 0 Å². The van der Waals surface area contributed by atoms with Crippen molar-refractivity contribution in [2.75, 3.05) is 5.32 Å². The van der Waals surface area contributed by atoms with Crippen molar-refractivity contribution in [3.05, 3.63) is 88.0 Å². The van der Waals surface area contributed by atoms with Crippen molar-refractivity contribution in [1.82, 2.24) is 4.98 Å². The molecule has 0 aliphatic rings. The van der Waals surface area contributed by atoms with E-state index in [9.17, 15) is 14.0 Å². The topological polar surface area (TPSA) is 68.3 Å². The summed E-state index contributed by atoms with van der Waals surface area (Å²) >= 11 is 1.35. The number of nitrogens with one attached hydrogen (secondary N) is 1. The quantitative estimate of drug-likeness (QED) is 0.373. The van der Waals surface area contributed by atoms with E-state index in [4.69, 9.17) is 4.74 Å². The minimum absolute atomic E-state index is 0.198. The van der Waals surface area contributed by atoms with Crippen molar-refractivity contribution in [2.45, 2.75) is 6.92 Å². The number of esters is 1. The number of ether oxygens (including phenoxy) is 1. The summed E-state index contributed by atoms with van der Waals surface area (Å²) in [6.45, 7) is 1.73. The van der Waals surface area contributed by atoms with Crippen molar-refractivity contribution in [3.8, 4) is 5.75 Å². The average Bonchev–Trinajstić information content (AvgIpc) is 3.23. The van der Waals surface area contributed by atoms with Gasteiger partial charge in [-0.1, -0.05) is 6.07 Å². The number of benzene rings is 2. The number of carbonyl (C=O) groups excluding carboxylic acids is 2. The molecule has 0 aliphatic carbocycles. The molecule has 4 rings (SSSR count). The first-order valence-electron chi connectivity index (χ1n) is 8.73. The maximum absolute atomic E-state index is 13.5. The zero-order chi connectivity index (χ0) is 20.4. The number of hydrogen-bond acceptors (Lipinski definition) is 5. The van der Waals surface area contributed by atoms with E-state index in [0.29, 0.717) is 38.5 Å². The van der Waals surface area contributed by atoms with Gasteiger partial charge in [0.05, 0.1) is 16.0 Å². The molecule has 4 aromatic rings. The lowest BCUT2D eigenvalue weighted by atomic mass is 10.1. The van der Waals surface area contributed by atoms with Crippen molar-refractivity contribution in [3.63, 3.8) is 0 Å². The third-order valence-corrected chi connectivity index (χ3v) is 5.06. The number of thiophene rings is 1. The highest BCUT2D eigenvalue weighted by Gasteiger charge is 2.15. The van der Waals surface area contributed by atoms with Crippen molar-refractivity contribution in [2.24, 2.45) is 0 Å². The highest BCUT2D eigenvalue weighted by molar-refractivity contribution is 7.12. The van der Waals surface area contributed by atoms with Gasteiger partial charge in [0.1, 0.15) is 11.6 Å². The largest absolute Gasteiger partial charge is 0.423 e. The predicted octanol–water partition coefficient (Wildman–Crippen LogP) is 5.22. The van der Waals surface area contributed by atoms with E-state index >= 15 is 0 Å². The molecule has 1 N–H and O–H groups in total. The van der Waals surface area contributed by atoms with Crippen LogP contribution >= 0.6 is 11.3 Å². The monoisotopic (exact) mass is 406 g/mol. The normalized spacial score (nSPS) is 10.7. The number of fused-ring (bicyclic) bond motifs is 1. The number of nitrogens with zero attached hydrogens (tertiary/aromatic N) is 1. The van der Waals surface area contributed by atoms with Gasteiger partial charge >= 0.3 is 5.97 Å². The molecule has 0 spiro atoms. The van der Waals surface area contributed by atoms with Gasteiger partial charge < -0.3 is 10.1 Å². The molecule has 29 heavy (non-hydrogen) atoms. The second-order valence-electron chi connectivity index (χ2n) is 6.32. The van der Waals surface area contributed by atoms with Crippen molar-refractivity contribution < 1.29 is 18.7 Å². The SMILES string of the molecule is Cc1cc(C(=O)Oc2ccc(NC(=O)c3cccs3)cc2)c2ccc(F)cc2n1. The number of anilines is 1. The Labute approximate surface area is 169 Å². The fourth-order valence-corrected chi connectivity index (χ4v) is 3.49. The Bertz CT molecular complexity index is 1200. The van der Waals surface area contributed by atoms with Crippen LogP contribution in [0, 0.1) is 12.7 Å². The predicted molar refractivity (Wildman–Crippen MR) is 110 cm³/mol. The fourth-order valence-electron chi connectivity index (χ4n) is 2.87. The van der Waals surface area contributed by atoms with Gasteiger partial charge in [0, 0.05) is 22.8 Å². The van der Waals surface area contributed by atoms with Crippen molar-refractivity contribution in [1.29, 1.82) is 0 Å². The summed E-state index contributed by atoms with van der Waals surface area (Å²) in [6, 6.07) is 15.7. The summed E-state index contributed by atoms with van der Waals surface area (Å²) in [7, 11) is 0. The molecular formula is C22H15FN2O3S. The number of carbonyl (C=O) groups is 2. The summed E-state index contributed by atoms with van der Waals surface area (Å²) in [5.41, 5.74) is 1.87. The van der Waals surface area contributed by atoms with Crippen LogP contribution in [0.15, 0.2) is 66.0 Å². The molecule has 2 aromatic carbocycles. The van der Waals surface area contributed by atoms with Crippen LogP contribution in [0.3, 0.4) is 0 Å². The number of amides is 1. The minimum atomic E-state index is -0.567. The van der Waals surface area contributed by atoms with Gasteiger partial charge in [0.25, 0.3) is 5.91 Å². The van der Waals surface area contributed by atoms with Crippen LogP contribution in [0.1, 0.15) is 25.7 Å². The van der Waals surface area contributed by atoms with E-state index in [1.54, 1.807) is 49.4 Å². The summed E-state index contributed by atoms with van der Waals surface area (Å²) in [5, 5.41) is 5.13. The fraction of sp³-hybridized carbons (Fsp3) is 0.0455. The average molecular weight is 406 g/mol. The maximum atomic E-state index is 13.5. The molecule has 0 aliphatic heterocycles. The maximum Gasteiger partial charge on any atom is 0.344 e. The van der Waals surface area contributed by atoms with E-state index in [1.807, 2.05) is 5.38 Å². The molecule has 0 unspecified atom stereocenters. The van der Waals surface area contributed by atoms with E-state index in [0.717, 1.165) is 0 Å². The van der Waals surface area contributed by atoms with Gasteiger partial charge in [-0.05, 0) is 60.8 Å². The second kappa shape index (κ2) is 7.81. The lowest BCUT2D eigenvalue weighted by Crippen LogP contribution is -2.11. The zero-order valence-electron chi connectivity index (χ0n) is 15.3. The van der Waals surface area contributed by atoms with E-state index in [-0.39, 0.29) is 5.91 Å². The molecular weight excluding hydrogens is 391 g/mol. The molecule has 0 saturated carbocycles. The van der Waals surface area contributed by atoms with Crippen LogP contribution in [-0.2, 0) is 0 Å². The Kier molecular flexibility index (Phi) is 5.05. The summed E-state index contributed by atoms with van der Waals surface area (Å²) in [4.78, 5) is 29.6. The third kappa shape index (κ3) is 4.14. The highest BCUT2D eigenvalue weighted by Crippen LogP contribution is 2.23. The first-order valence-corrected chi connectivity index (χ1v) is 9.61. The summed E-state index contributed by atoms with van der Waals surface area (Å²) in [5.74, 6) is -0.859. The van der Waals surface area contributed by atoms with E-state index < -0.39 is 11.8 Å². The Hall–Kier alpha value is -3.58.